The molecule has 3 aromatic rings. The van der Waals surface area contributed by atoms with Gasteiger partial charge in [0.25, 0.3) is 11.5 Å². The molecule has 0 atom stereocenters. The van der Waals surface area contributed by atoms with Crippen molar-refractivity contribution in [2.45, 2.75) is 32.9 Å². The van der Waals surface area contributed by atoms with Crippen molar-refractivity contribution in [3.05, 3.63) is 79.0 Å². The van der Waals surface area contributed by atoms with E-state index in [0.717, 1.165) is 17.4 Å². The number of nitrogens with one attached hydrogen (secondary N) is 1. The van der Waals surface area contributed by atoms with Crippen molar-refractivity contribution in [1.82, 2.24) is 9.55 Å². The van der Waals surface area contributed by atoms with Gasteiger partial charge in [-0.05, 0) is 52.7 Å². The van der Waals surface area contributed by atoms with Crippen LogP contribution < -0.4 is 21.9 Å². The summed E-state index contributed by atoms with van der Waals surface area (Å²) in [5, 5.41) is 0. The zero-order valence-electron chi connectivity index (χ0n) is 16.2. The van der Waals surface area contributed by atoms with E-state index in [1.165, 1.54) is 23.0 Å². The van der Waals surface area contributed by atoms with Gasteiger partial charge in [-0.2, -0.15) is 0 Å². The molecule has 0 fully saturated rings. The minimum absolute atomic E-state index is 0.00772. The summed E-state index contributed by atoms with van der Waals surface area (Å²) < 4.78 is 20.7. The van der Waals surface area contributed by atoms with Gasteiger partial charge in [0.15, 0.2) is 5.69 Å². The summed E-state index contributed by atoms with van der Waals surface area (Å²) in [4.78, 5) is 41.6. The highest BCUT2D eigenvalue weighted by Crippen LogP contribution is 2.26. The predicted octanol–water partition coefficient (Wildman–Crippen LogP) is 3.26. The van der Waals surface area contributed by atoms with Gasteiger partial charge in [0, 0.05) is 11.0 Å². The summed E-state index contributed by atoms with van der Waals surface area (Å²) in [6, 6.07) is 6.90. The Labute approximate surface area is 179 Å². The van der Waals surface area contributed by atoms with Crippen molar-refractivity contribution in [3.63, 3.8) is 0 Å². The number of hydrogen-bond acceptors (Lipinski definition) is 5. The Hall–Kier alpha value is -3.14. The van der Waals surface area contributed by atoms with Crippen LogP contribution in [-0.2, 0) is 13.1 Å². The summed E-state index contributed by atoms with van der Waals surface area (Å²) in [6.45, 7) is 2.08. The topological polar surface area (TPSA) is 114 Å². The Balaban J connectivity index is 2.18. The molecule has 1 aromatic carbocycles. The molecule has 158 valence electrons. The fourth-order valence-electron chi connectivity index (χ4n) is 2.99. The molecule has 8 nitrogen and oxygen atoms in total. The lowest BCUT2D eigenvalue weighted by molar-refractivity contribution is 0.0981. The molecule has 3 rings (SSSR count). The molecule has 0 bridgehead atoms. The molecule has 0 unspecified atom stereocenters. The molecular formula is C20H20BrFN4O4. The first kappa shape index (κ1) is 21.6. The number of benzene rings is 1. The second kappa shape index (κ2) is 9.12. The van der Waals surface area contributed by atoms with Gasteiger partial charge < -0.3 is 10.2 Å². The van der Waals surface area contributed by atoms with Gasteiger partial charge in [-0.25, -0.2) is 9.18 Å². The minimum Gasteiger partial charge on any atom is -0.467 e. The molecule has 0 saturated carbocycles. The van der Waals surface area contributed by atoms with Crippen molar-refractivity contribution in [2.75, 3.05) is 10.6 Å². The number of nitrogen functional groups attached to an aromatic ring is 1. The smallest absolute Gasteiger partial charge is 0.330 e. The van der Waals surface area contributed by atoms with Gasteiger partial charge >= 0.3 is 5.69 Å². The number of amides is 1. The van der Waals surface area contributed by atoms with Crippen molar-refractivity contribution >= 4 is 33.3 Å². The van der Waals surface area contributed by atoms with Crippen LogP contribution in [0, 0.1) is 5.82 Å². The first-order chi connectivity index (χ1) is 14.3. The highest BCUT2D eigenvalue weighted by molar-refractivity contribution is 9.10. The van der Waals surface area contributed by atoms with Crippen molar-refractivity contribution < 1.29 is 13.6 Å². The number of nitrogens with zero attached hydrogens (tertiary/aromatic N) is 2. The Bertz CT molecular complexity index is 1170. The third-order valence-corrected chi connectivity index (χ3v) is 5.21. The average molecular weight is 479 g/mol. The molecule has 0 radical (unpaired) electrons. The van der Waals surface area contributed by atoms with E-state index < -0.39 is 23.0 Å². The molecule has 2 heterocycles. The fraction of sp³-hybridized carbons (Fsp3) is 0.250. The highest BCUT2D eigenvalue weighted by atomic mass is 79.9. The first-order valence-corrected chi connectivity index (χ1v) is 10.0. The van der Waals surface area contributed by atoms with Gasteiger partial charge in [-0.15, -0.1) is 0 Å². The summed E-state index contributed by atoms with van der Waals surface area (Å²) in [7, 11) is 0. The second-order valence-corrected chi connectivity index (χ2v) is 7.45. The van der Waals surface area contributed by atoms with Crippen LogP contribution in [0.1, 0.15) is 35.9 Å². The van der Waals surface area contributed by atoms with E-state index in [4.69, 9.17) is 10.2 Å². The summed E-state index contributed by atoms with van der Waals surface area (Å²) in [6.07, 6.45) is 2.87. The number of anilines is 2. The summed E-state index contributed by atoms with van der Waals surface area (Å²) in [5.41, 5.74) is 4.48. The van der Waals surface area contributed by atoms with E-state index in [0.29, 0.717) is 16.7 Å². The summed E-state index contributed by atoms with van der Waals surface area (Å²) in [5.74, 6) is -1.07. The van der Waals surface area contributed by atoms with Crippen LogP contribution >= 0.6 is 15.9 Å². The lowest BCUT2D eigenvalue weighted by atomic mass is 10.1. The van der Waals surface area contributed by atoms with E-state index in [2.05, 4.69) is 20.9 Å². The zero-order chi connectivity index (χ0) is 21.8. The van der Waals surface area contributed by atoms with E-state index >= 15 is 0 Å². The first-order valence-electron chi connectivity index (χ1n) is 9.25. The fourth-order valence-corrected chi connectivity index (χ4v) is 3.41. The number of aromatic amines is 1. The van der Waals surface area contributed by atoms with Crippen molar-refractivity contribution in [2.24, 2.45) is 0 Å². The molecule has 30 heavy (non-hydrogen) atoms. The monoisotopic (exact) mass is 478 g/mol. The van der Waals surface area contributed by atoms with Crippen LogP contribution in [0.4, 0.5) is 15.9 Å². The van der Waals surface area contributed by atoms with Crippen LogP contribution in [0.2, 0.25) is 0 Å². The van der Waals surface area contributed by atoms with Crippen LogP contribution in [-0.4, -0.2) is 15.5 Å². The highest BCUT2D eigenvalue weighted by Gasteiger charge is 2.27. The Morgan fingerprint density at radius 2 is 2.10 bits per heavy atom. The van der Waals surface area contributed by atoms with Crippen molar-refractivity contribution in [3.8, 4) is 0 Å². The molecule has 0 aliphatic carbocycles. The van der Waals surface area contributed by atoms with Gasteiger partial charge in [0.1, 0.15) is 17.4 Å². The number of halogens is 2. The maximum absolute atomic E-state index is 13.8. The third-order valence-electron chi connectivity index (χ3n) is 4.52. The Kier molecular flexibility index (Phi) is 6.56. The quantitative estimate of drug-likeness (QED) is 0.540. The van der Waals surface area contributed by atoms with Gasteiger partial charge in [-0.1, -0.05) is 13.3 Å². The average Bonchev–Trinajstić information content (AvgIpc) is 3.21. The van der Waals surface area contributed by atoms with Gasteiger partial charge in [-0.3, -0.25) is 24.0 Å². The number of H-pyrrole nitrogens is 1. The van der Waals surface area contributed by atoms with E-state index in [-0.39, 0.29) is 30.2 Å². The minimum atomic E-state index is -0.822. The van der Waals surface area contributed by atoms with Crippen LogP contribution in [0.5, 0.6) is 0 Å². The zero-order valence-corrected chi connectivity index (χ0v) is 17.7. The number of nitrogens with two attached hydrogens (primary N) is 1. The van der Waals surface area contributed by atoms with Gasteiger partial charge in [0.2, 0.25) is 0 Å². The van der Waals surface area contributed by atoms with Crippen LogP contribution in [0.15, 0.2) is 55.1 Å². The molecule has 1 amide bonds. The number of furan rings is 1. The Morgan fingerprint density at radius 1 is 1.33 bits per heavy atom. The van der Waals surface area contributed by atoms with E-state index in [9.17, 15) is 18.8 Å². The number of carbonyl (C=O) groups is 1. The lowest BCUT2D eigenvalue weighted by Crippen LogP contribution is -2.41. The normalized spacial score (nSPS) is 10.9. The lowest BCUT2D eigenvalue weighted by Gasteiger charge is -2.24. The molecule has 0 aliphatic heterocycles. The van der Waals surface area contributed by atoms with Crippen LogP contribution in [0.3, 0.4) is 0 Å². The standard InChI is InChI=1S/C20H20BrFN4O4/c1-2-3-8-25-17(23)16(18(27)24-20(25)29)26(11-13-5-4-9-30-13)19(28)14-10-12(22)6-7-15(14)21/h4-7,9-10H,2-3,8,11,23H2,1H3,(H,24,27,29). The molecule has 2 aromatic heterocycles. The molecule has 0 aliphatic rings. The Morgan fingerprint density at radius 3 is 2.77 bits per heavy atom. The predicted molar refractivity (Wildman–Crippen MR) is 114 cm³/mol. The third kappa shape index (κ3) is 4.38. The maximum Gasteiger partial charge on any atom is 0.330 e. The maximum atomic E-state index is 13.8. The molecule has 0 saturated heterocycles. The van der Waals surface area contributed by atoms with Crippen LogP contribution in [0.25, 0.3) is 0 Å². The number of hydrogen-bond donors (Lipinski definition) is 2. The second-order valence-electron chi connectivity index (χ2n) is 6.59. The molecular weight excluding hydrogens is 459 g/mol. The molecule has 0 spiro atoms. The number of carbonyl (C=O) groups excluding carboxylic acids is 1. The van der Waals surface area contributed by atoms with Crippen molar-refractivity contribution in [1.29, 1.82) is 0 Å². The number of aromatic nitrogens is 2. The molecule has 10 heteroatoms. The SMILES string of the molecule is CCCCn1c(N)c(N(Cc2ccco2)C(=O)c2cc(F)ccc2Br)c(=O)[nH]c1=O. The van der Waals surface area contributed by atoms with E-state index in [1.807, 2.05) is 6.92 Å². The molecule has 3 N–H and O–H groups in total. The van der Waals surface area contributed by atoms with E-state index in [1.54, 1.807) is 12.1 Å². The summed E-state index contributed by atoms with van der Waals surface area (Å²) >= 11 is 3.24. The number of unbranched alkanes of at least 4 members (excludes halogenated alkanes) is 1. The number of rotatable bonds is 7. The van der Waals surface area contributed by atoms with Gasteiger partial charge in [0.05, 0.1) is 18.4 Å². The largest absolute Gasteiger partial charge is 0.467 e.